The van der Waals surface area contributed by atoms with Gasteiger partial charge in [0.2, 0.25) is 0 Å². The van der Waals surface area contributed by atoms with Gasteiger partial charge in [0.25, 0.3) is 11.5 Å². The third-order valence-electron chi connectivity index (χ3n) is 6.29. The summed E-state index contributed by atoms with van der Waals surface area (Å²) < 4.78 is 2.02. The lowest BCUT2D eigenvalue weighted by Crippen LogP contribution is -2.37. The van der Waals surface area contributed by atoms with E-state index in [1.165, 1.54) is 26.6 Å². The second kappa shape index (κ2) is 9.11. The summed E-state index contributed by atoms with van der Waals surface area (Å²) in [7, 11) is 1.66. The zero-order chi connectivity index (χ0) is 22.9. The predicted molar refractivity (Wildman–Crippen MR) is 137 cm³/mol. The molecule has 5 rings (SSSR count). The Bertz CT molecular complexity index is 1310. The second-order valence-corrected chi connectivity index (χ2v) is 10.1. The van der Waals surface area contributed by atoms with Crippen LogP contribution in [0.25, 0.3) is 11.7 Å². The lowest BCUT2D eigenvalue weighted by Gasteiger charge is -2.33. The summed E-state index contributed by atoms with van der Waals surface area (Å²) in [5, 5.41) is 0. The van der Waals surface area contributed by atoms with E-state index in [0.717, 1.165) is 32.4 Å². The maximum absolute atomic E-state index is 13.4. The molecule has 2 fully saturated rings. The average molecular weight is 477 g/mol. The van der Waals surface area contributed by atoms with E-state index >= 15 is 0 Å². The third-order valence-corrected chi connectivity index (χ3v) is 7.78. The second-order valence-electron chi connectivity index (χ2n) is 8.44. The quantitative estimate of drug-likeness (QED) is 0.419. The fraction of sp³-hybridized carbons (Fsp3) is 0.280. The first-order valence-corrected chi connectivity index (χ1v) is 12.3. The summed E-state index contributed by atoms with van der Waals surface area (Å²) in [4.78, 5) is 35.0. The van der Waals surface area contributed by atoms with Crippen molar-refractivity contribution in [2.75, 3.05) is 25.0 Å². The summed E-state index contributed by atoms with van der Waals surface area (Å²) in [5.74, 6) is 1.06. The zero-order valence-corrected chi connectivity index (χ0v) is 19.9. The minimum atomic E-state index is -0.185. The van der Waals surface area contributed by atoms with Crippen molar-refractivity contribution in [2.45, 2.75) is 19.3 Å². The number of carbonyl (C=O) groups excluding carboxylic acids is 1. The number of pyridine rings is 1. The van der Waals surface area contributed by atoms with Crippen molar-refractivity contribution in [1.82, 2.24) is 14.3 Å². The number of thioether (sulfide) groups is 1. The van der Waals surface area contributed by atoms with Crippen LogP contribution in [0.4, 0.5) is 5.82 Å². The van der Waals surface area contributed by atoms with Crippen LogP contribution in [0.1, 0.15) is 24.0 Å². The number of rotatable bonds is 4. The number of piperidine rings is 1. The molecular formula is C25H24N4O2S2. The zero-order valence-electron chi connectivity index (χ0n) is 18.3. The van der Waals surface area contributed by atoms with Crippen molar-refractivity contribution >= 4 is 51.7 Å². The molecule has 0 unspecified atom stereocenters. The first-order valence-electron chi connectivity index (χ1n) is 11.0. The minimum Gasteiger partial charge on any atom is -0.356 e. The molecular weight excluding hydrogens is 452 g/mol. The Hall–Kier alpha value is -2.97. The molecule has 2 saturated heterocycles. The largest absolute Gasteiger partial charge is 0.356 e. The molecule has 0 atom stereocenters. The van der Waals surface area contributed by atoms with Gasteiger partial charge in [0.1, 0.15) is 15.8 Å². The van der Waals surface area contributed by atoms with Gasteiger partial charge in [-0.05, 0) is 49.0 Å². The first-order chi connectivity index (χ1) is 16.0. The Morgan fingerprint density at radius 3 is 2.52 bits per heavy atom. The SMILES string of the molecule is CN1C(=O)/C(=C/c2c(N3CCC(Cc4ccccc4)CC3)nc3ccccn3c2=O)SC1=S. The first kappa shape index (κ1) is 21.9. The van der Waals surface area contributed by atoms with Gasteiger partial charge in [0.15, 0.2) is 0 Å². The van der Waals surface area contributed by atoms with Crippen molar-refractivity contribution in [1.29, 1.82) is 0 Å². The van der Waals surface area contributed by atoms with Crippen LogP contribution >= 0.6 is 24.0 Å². The minimum absolute atomic E-state index is 0.177. The normalized spacial score (nSPS) is 18.6. The van der Waals surface area contributed by atoms with Gasteiger partial charge >= 0.3 is 0 Å². The molecule has 0 bridgehead atoms. The van der Waals surface area contributed by atoms with Gasteiger partial charge < -0.3 is 4.90 Å². The van der Waals surface area contributed by atoms with Crippen LogP contribution in [-0.4, -0.2) is 44.6 Å². The van der Waals surface area contributed by atoms with Crippen LogP contribution in [0.5, 0.6) is 0 Å². The number of amides is 1. The van der Waals surface area contributed by atoms with Crippen molar-refractivity contribution in [3.8, 4) is 0 Å². The number of hydrogen-bond donors (Lipinski definition) is 0. The summed E-state index contributed by atoms with van der Waals surface area (Å²) >= 11 is 6.49. The predicted octanol–water partition coefficient (Wildman–Crippen LogP) is 3.98. The van der Waals surface area contributed by atoms with E-state index in [0.29, 0.717) is 32.2 Å². The lowest BCUT2D eigenvalue weighted by molar-refractivity contribution is -0.121. The number of benzene rings is 1. The molecule has 2 aliphatic heterocycles. The van der Waals surface area contributed by atoms with E-state index in [1.807, 2.05) is 18.2 Å². The molecule has 0 aliphatic carbocycles. The summed E-state index contributed by atoms with van der Waals surface area (Å²) in [6.45, 7) is 1.64. The molecule has 0 radical (unpaired) electrons. The number of likely N-dealkylation sites (N-methyl/N-ethyl adjacent to an activating group) is 1. The highest BCUT2D eigenvalue weighted by Crippen LogP contribution is 2.33. The van der Waals surface area contributed by atoms with Crippen LogP contribution < -0.4 is 10.5 Å². The molecule has 8 heteroatoms. The topological polar surface area (TPSA) is 57.9 Å². The van der Waals surface area contributed by atoms with Crippen molar-refractivity contribution < 1.29 is 4.79 Å². The standard InChI is InChI=1S/C25H24N4O2S2/c1-27-24(31)20(33-25(27)32)16-19-22(26-21-9-5-6-12-29(21)23(19)30)28-13-10-18(11-14-28)15-17-7-3-2-4-8-17/h2-9,12,16,18H,10-11,13-15H2,1H3/b20-16-. The van der Waals surface area contributed by atoms with Crippen LogP contribution in [0.15, 0.2) is 64.4 Å². The number of anilines is 1. The third kappa shape index (κ3) is 4.32. The molecule has 33 heavy (non-hydrogen) atoms. The molecule has 0 spiro atoms. The highest BCUT2D eigenvalue weighted by Gasteiger charge is 2.30. The number of hydrogen-bond acceptors (Lipinski definition) is 6. The van der Waals surface area contributed by atoms with Crippen LogP contribution in [0.3, 0.4) is 0 Å². The van der Waals surface area contributed by atoms with Gasteiger partial charge in [-0.25, -0.2) is 4.98 Å². The van der Waals surface area contributed by atoms with E-state index < -0.39 is 0 Å². The molecule has 1 aromatic carbocycles. The van der Waals surface area contributed by atoms with E-state index in [2.05, 4.69) is 29.2 Å². The van der Waals surface area contributed by atoms with E-state index in [9.17, 15) is 9.59 Å². The molecule has 4 heterocycles. The number of fused-ring (bicyclic) bond motifs is 1. The Labute approximate surface area is 201 Å². The Morgan fingerprint density at radius 1 is 1.09 bits per heavy atom. The number of aromatic nitrogens is 2. The molecule has 3 aromatic rings. The highest BCUT2D eigenvalue weighted by atomic mass is 32.2. The van der Waals surface area contributed by atoms with Crippen LogP contribution in [-0.2, 0) is 11.2 Å². The van der Waals surface area contributed by atoms with Gasteiger partial charge in [-0.15, -0.1) is 0 Å². The van der Waals surface area contributed by atoms with E-state index in [4.69, 9.17) is 17.2 Å². The monoisotopic (exact) mass is 476 g/mol. The average Bonchev–Trinajstić information content (AvgIpc) is 3.08. The molecule has 2 aromatic heterocycles. The summed E-state index contributed by atoms with van der Waals surface area (Å²) in [5.41, 5.74) is 2.22. The molecule has 0 saturated carbocycles. The van der Waals surface area contributed by atoms with Gasteiger partial charge in [0.05, 0.1) is 10.5 Å². The fourth-order valence-corrected chi connectivity index (χ4v) is 5.59. The van der Waals surface area contributed by atoms with Crippen LogP contribution in [0.2, 0.25) is 0 Å². The van der Waals surface area contributed by atoms with Gasteiger partial charge in [0, 0.05) is 26.3 Å². The summed E-state index contributed by atoms with van der Waals surface area (Å²) in [6, 6.07) is 16.1. The number of thiocarbonyl (C=S) groups is 1. The van der Waals surface area contributed by atoms with Crippen LogP contribution in [0, 0.1) is 5.92 Å². The smallest absolute Gasteiger partial charge is 0.267 e. The van der Waals surface area contributed by atoms with Gasteiger partial charge in [-0.3, -0.25) is 18.9 Å². The number of nitrogens with zero attached hydrogens (tertiary/aromatic N) is 4. The molecule has 2 aliphatic rings. The highest BCUT2D eigenvalue weighted by molar-refractivity contribution is 8.26. The Kier molecular flexibility index (Phi) is 6.03. The molecule has 6 nitrogen and oxygen atoms in total. The maximum atomic E-state index is 13.4. The fourth-order valence-electron chi connectivity index (χ4n) is 4.43. The van der Waals surface area contributed by atoms with Gasteiger partial charge in [-0.1, -0.05) is 60.4 Å². The van der Waals surface area contributed by atoms with Crippen molar-refractivity contribution in [3.05, 3.63) is 81.1 Å². The summed E-state index contributed by atoms with van der Waals surface area (Å²) in [6.07, 6.45) is 6.50. The van der Waals surface area contributed by atoms with E-state index in [-0.39, 0.29) is 11.5 Å². The Morgan fingerprint density at radius 2 is 1.82 bits per heavy atom. The maximum Gasteiger partial charge on any atom is 0.267 e. The van der Waals surface area contributed by atoms with Crippen molar-refractivity contribution in [2.24, 2.45) is 5.92 Å². The Balaban J connectivity index is 1.48. The molecule has 1 amide bonds. The van der Waals surface area contributed by atoms with Gasteiger partial charge in [-0.2, -0.15) is 0 Å². The van der Waals surface area contributed by atoms with Crippen molar-refractivity contribution in [3.63, 3.8) is 0 Å². The number of carbonyl (C=O) groups is 1. The lowest BCUT2D eigenvalue weighted by atomic mass is 9.90. The van der Waals surface area contributed by atoms with E-state index in [1.54, 1.807) is 25.4 Å². The molecule has 0 N–H and O–H groups in total. The molecule has 168 valence electrons.